The van der Waals surface area contributed by atoms with Crippen molar-refractivity contribution >= 4 is 12.6 Å². The maximum Gasteiger partial charge on any atom is 0.0661 e. The Labute approximate surface area is 91.5 Å². The summed E-state index contributed by atoms with van der Waals surface area (Å²) in [5.74, 6) is 3.80. The third-order valence-electron chi connectivity index (χ3n) is 2.15. The summed E-state index contributed by atoms with van der Waals surface area (Å²) in [6.07, 6.45) is 11.3. The first-order valence-electron chi connectivity index (χ1n) is 4.64. The molecule has 0 aromatic heterocycles. The SMILES string of the molecule is C#CC1=C=CC(C(C)C)=C(CS)C=C1. The molecule has 1 rings (SSSR count). The minimum absolute atomic E-state index is 0.478. The molecule has 1 heteroatoms. The zero-order valence-corrected chi connectivity index (χ0v) is 9.44. The first-order chi connectivity index (χ1) is 6.69. The summed E-state index contributed by atoms with van der Waals surface area (Å²) in [5.41, 5.74) is 6.38. The van der Waals surface area contributed by atoms with Crippen molar-refractivity contribution in [1.29, 1.82) is 0 Å². The number of terminal acetylenes is 1. The van der Waals surface area contributed by atoms with Gasteiger partial charge in [-0.2, -0.15) is 12.6 Å². The molecule has 0 unspecified atom stereocenters. The Morgan fingerprint density at radius 3 is 2.71 bits per heavy atom. The molecule has 0 saturated heterocycles. The molecule has 0 aliphatic heterocycles. The van der Waals surface area contributed by atoms with E-state index in [9.17, 15) is 0 Å². The van der Waals surface area contributed by atoms with E-state index in [1.165, 1.54) is 11.1 Å². The van der Waals surface area contributed by atoms with Crippen LogP contribution >= 0.6 is 12.6 Å². The molecule has 0 atom stereocenters. The Bertz CT molecular complexity index is 380. The maximum atomic E-state index is 5.32. The molecule has 0 amide bonds. The van der Waals surface area contributed by atoms with Crippen molar-refractivity contribution in [2.75, 3.05) is 5.75 Å². The number of rotatable bonds is 2. The van der Waals surface area contributed by atoms with Crippen molar-refractivity contribution in [2.24, 2.45) is 5.92 Å². The molecule has 0 aromatic rings. The summed E-state index contributed by atoms with van der Waals surface area (Å²) in [6.45, 7) is 4.32. The quantitative estimate of drug-likeness (QED) is 0.397. The van der Waals surface area contributed by atoms with Crippen molar-refractivity contribution in [3.8, 4) is 12.3 Å². The van der Waals surface area contributed by atoms with E-state index in [1.54, 1.807) is 0 Å². The molecule has 0 radical (unpaired) electrons. The number of thiol groups is 1. The number of allylic oxidation sites excluding steroid dienone is 4. The highest BCUT2D eigenvalue weighted by molar-refractivity contribution is 7.80. The zero-order valence-electron chi connectivity index (χ0n) is 8.54. The Kier molecular flexibility index (Phi) is 3.89. The van der Waals surface area contributed by atoms with Gasteiger partial charge in [-0.15, -0.1) is 12.2 Å². The Hall–Kier alpha value is -1.09. The first-order valence-corrected chi connectivity index (χ1v) is 5.27. The van der Waals surface area contributed by atoms with Gasteiger partial charge in [0.15, 0.2) is 0 Å². The van der Waals surface area contributed by atoms with Crippen LogP contribution in [0.4, 0.5) is 0 Å². The van der Waals surface area contributed by atoms with Gasteiger partial charge < -0.3 is 0 Å². The van der Waals surface area contributed by atoms with Crippen LogP contribution in [0, 0.1) is 18.3 Å². The largest absolute Gasteiger partial charge is 0.175 e. The third kappa shape index (κ3) is 2.45. The lowest BCUT2D eigenvalue weighted by Crippen LogP contribution is -1.96. The summed E-state index contributed by atoms with van der Waals surface area (Å²) in [7, 11) is 0. The van der Waals surface area contributed by atoms with Crippen LogP contribution < -0.4 is 0 Å². The molecule has 0 spiro atoms. The van der Waals surface area contributed by atoms with Crippen molar-refractivity contribution in [2.45, 2.75) is 13.8 Å². The predicted molar refractivity (Wildman–Crippen MR) is 65.3 cm³/mol. The fourth-order valence-electron chi connectivity index (χ4n) is 1.35. The summed E-state index contributed by atoms with van der Waals surface area (Å²) in [5, 5.41) is 0. The van der Waals surface area contributed by atoms with Gasteiger partial charge in [-0.05, 0) is 29.2 Å². The molecule has 1 aliphatic rings. The van der Waals surface area contributed by atoms with E-state index >= 15 is 0 Å². The molecular formula is C13H14S. The zero-order chi connectivity index (χ0) is 10.6. The molecule has 0 aromatic carbocycles. The van der Waals surface area contributed by atoms with Crippen LogP contribution in [0.5, 0.6) is 0 Å². The van der Waals surface area contributed by atoms with Gasteiger partial charge in [-0.3, -0.25) is 0 Å². The van der Waals surface area contributed by atoms with Crippen LogP contribution in [0.25, 0.3) is 0 Å². The van der Waals surface area contributed by atoms with Gasteiger partial charge in [0.2, 0.25) is 0 Å². The molecule has 0 nitrogen and oxygen atoms in total. The summed E-state index contributed by atoms with van der Waals surface area (Å²) in [6, 6.07) is 0. The molecule has 14 heavy (non-hydrogen) atoms. The Balaban J connectivity index is 3.19. The van der Waals surface area contributed by atoms with E-state index in [0.717, 1.165) is 11.3 Å². The molecular weight excluding hydrogens is 188 g/mol. The molecule has 0 N–H and O–H groups in total. The van der Waals surface area contributed by atoms with E-state index < -0.39 is 0 Å². The van der Waals surface area contributed by atoms with Gasteiger partial charge in [0, 0.05) is 5.75 Å². The van der Waals surface area contributed by atoms with E-state index in [0.29, 0.717) is 5.92 Å². The molecule has 0 heterocycles. The van der Waals surface area contributed by atoms with Crippen molar-refractivity contribution < 1.29 is 0 Å². The lowest BCUT2D eigenvalue weighted by molar-refractivity contribution is 0.785. The fourth-order valence-corrected chi connectivity index (χ4v) is 1.64. The maximum absolute atomic E-state index is 5.32. The van der Waals surface area contributed by atoms with Gasteiger partial charge in [-0.1, -0.05) is 25.8 Å². The van der Waals surface area contributed by atoms with Crippen LogP contribution in [-0.2, 0) is 0 Å². The second-order valence-corrected chi connectivity index (χ2v) is 3.79. The summed E-state index contributed by atoms with van der Waals surface area (Å²) < 4.78 is 0. The molecule has 72 valence electrons. The van der Waals surface area contributed by atoms with E-state index in [4.69, 9.17) is 6.42 Å². The van der Waals surface area contributed by atoms with Crippen molar-refractivity contribution in [3.63, 3.8) is 0 Å². The van der Waals surface area contributed by atoms with Crippen LogP contribution in [0.1, 0.15) is 13.8 Å². The first kappa shape index (κ1) is 11.0. The second kappa shape index (κ2) is 4.96. The molecule has 1 aliphatic carbocycles. The fraction of sp³-hybridized carbons (Fsp3) is 0.308. The summed E-state index contributed by atoms with van der Waals surface area (Å²) >= 11 is 4.31. The molecule has 0 saturated carbocycles. The average Bonchev–Trinajstić information content (AvgIpc) is 2.38. The van der Waals surface area contributed by atoms with Crippen molar-refractivity contribution in [1.82, 2.24) is 0 Å². The van der Waals surface area contributed by atoms with Crippen LogP contribution in [0.3, 0.4) is 0 Å². The highest BCUT2D eigenvalue weighted by atomic mass is 32.1. The van der Waals surface area contributed by atoms with Crippen LogP contribution in [0.2, 0.25) is 0 Å². The van der Waals surface area contributed by atoms with Crippen molar-refractivity contribution in [3.05, 3.63) is 40.7 Å². The lowest BCUT2D eigenvalue weighted by Gasteiger charge is -2.09. The van der Waals surface area contributed by atoms with E-state index in [2.05, 4.69) is 38.1 Å². The average molecular weight is 202 g/mol. The third-order valence-corrected chi connectivity index (χ3v) is 2.49. The summed E-state index contributed by atoms with van der Waals surface area (Å²) in [4.78, 5) is 0. The standard InChI is InChI=1S/C13H14S/c1-4-11-5-7-12(9-14)13(8-6-11)10(2)3/h1,5,7-8,10,14H,9H2,2-3H3. The van der Waals surface area contributed by atoms with Gasteiger partial charge in [0.1, 0.15) is 0 Å². The minimum atomic E-state index is 0.478. The number of hydrogen-bond acceptors (Lipinski definition) is 1. The second-order valence-electron chi connectivity index (χ2n) is 3.47. The molecule has 0 fully saturated rings. The van der Waals surface area contributed by atoms with Crippen LogP contribution in [-0.4, -0.2) is 5.75 Å². The van der Waals surface area contributed by atoms with Crippen LogP contribution in [0.15, 0.2) is 40.7 Å². The molecule has 0 bridgehead atoms. The monoisotopic (exact) mass is 202 g/mol. The van der Waals surface area contributed by atoms with Gasteiger partial charge >= 0.3 is 0 Å². The van der Waals surface area contributed by atoms with Gasteiger partial charge in [-0.25, -0.2) is 0 Å². The Morgan fingerprint density at radius 1 is 1.50 bits per heavy atom. The van der Waals surface area contributed by atoms with Gasteiger partial charge in [0.05, 0.1) is 5.57 Å². The van der Waals surface area contributed by atoms with E-state index in [1.807, 2.05) is 18.2 Å². The van der Waals surface area contributed by atoms with Gasteiger partial charge in [0.25, 0.3) is 0 Å². The normalized spacial score (nSPS) is 15.5. The highest BCUT2D eigenvalue weighted by Crippen LogP contribution is 2.20. The highest BCUT2D eigenvalue weighted by Gasteiger charge is 2.06. The minimum Gasteiger partial charge on any atom is -0.175 e. The Morgan fingerprint density at radius 2 is 2.21 bits per heavy atom. The predicted octanol–water partition coefficient (Wildman–Crippen LogP) is 3.15. The smallest absolute Gasteiger partial charge is 0.0661 e. The lowest BCUT2D eigenvalue weighted by atomic mass is 9.98. The van der Waals surface area contributed by atoms with E-state index in [-0.39, 0.29) is 0 Å². The number of hydrogen-bond donors (Lipinski definition) is 1. The topological polar surface area (TPSA) is 0 Å².